The molecule has 1 saturated heterocycles. The molecular formula is C16H17N3O4. The Labute approximate surface area is 132 Å². The maximum absolute atomic E-state index is 12.3. The number of hydrogen-bond donors (Lipinski definition) is 1. The van der Waals surface area contributed by atoms with E-state index in [-0.39, 0.29) is 29.4 Å². The summed E-state index contributed by atoms with van der Waals surface area (Å²) < 4.78 is 5.09. The number of H-pyrrole nitrogens is 1. The third kappa shape index (κ3) is 3.40. The fourth-order valence-electron chi connectivity index (χ4n) is 2.59. The SMILES string of the molecule is O=C(CN1CCN(C(=O)c2ccc[nH]c2=O)CC1)c1ccco1. The van der Waals surface area contributed by atoms with Crippen molar-refractivity contribution in [2.75, 3.05) is 32.7 Å². The normalized spacial score (nSPS) is 15.6. The van der Waals surface area contributed by atoms with Gasteiger partial charge in [-0.15, -0.1) is 0 Å². The number of nitrogens with zero attached hydrogens (tertiary/aromatic N) is 2. The van der Waals surface area contributed by atoms with Crippen LogP contribution in [0.5, 0.6) is 0 Å². The Morgan fingerprint density at radius 1 is 1.13 bits per heavy atom. The number of ketones is 1. The molecule has 0 saturated carbocycles. The molecule has 7 heteroatoms. The zero-order valence-electron chi connectivity index (χ0n) is 12.5. The van der Waals surface area contributed by atoms with Gasteiger partial charge in [-0.05, 0) is 24.3 Å². The summed E-state index contributed by atoms with van der Waals surface area (Å²) in [6.45, 7) is 2.41. The van der Waals surface area contributed by atoms with Crippen LogP contribution in [0.2, 0.25) is 0 Å². The molecular weight excluding hydrogens is 298 g/mol. The number of carbonyl (C=O) groups is 2. The van der Waals surface area contributed by atoms with Gasteiger partial charge in [-0.3, -0.25) is 19.3 Å². The molecule has 0 aliphatic carbocycles. The highest BCUT2D eigenvalue weighted by atomic mass is 16.3. The van der Waals surface area contributed by atoms with E-state index in [0.717, 1.165) is 0 Å². The van der Waals surface area contributed by atoms with Crippen molar-refractivity contribution in [3.8, 4) is 0 Å². The van der Waals surface area contributed by atoms with E-state index in [1.54, 1.807) is 23.1 Å². The minimum Gasteiger partial charge on any atom is -0.461 e. The molecule has 0 unspecified atom stereocenters. The number of aromatic amines is 1. The van der Waals surface area contributed by atoms with Crippen molar-refractivity contribution in [3.63, 3.8) is 0 Å². The average Bonchev–Trinajstić information content (AvgIpc) is 3.10. The van der Waals surface area contributed by atoms with Gasteiger partial charge in [0.15, 0.2) is 5.76 Å². The van der Waals surface area contributed by atoms with Crippen LogP contribution in [-0.4, -0.2) is 59.2 Å². The zero-order chi connectivity index (χ0) is 16.2. The Balaban J connectivity index is 1.56. The minimum atomic E-state index is -0.382. The molecule has 2 aromatic rings. The molecule has 1 fully saturated rings. The predicted molar refractivity (Wildman–Crippen MR) is 82.4 cm³/mol. The summed E-state index contributed by atoms with van der Waals surface area (Å²) in [5.74, 6) is -0.00235. The van der Waals surface area contributed by atoms with E-state index in [1.807, 2.05) is 4.90 Å². The van der Waals surface area contributed by atoms with Gasteiger partial charge in [-0.2, -0.15) is 0 Å². The van der Waals surface area contributed by atoms with Gasteiger partial charge in [0.2, 0.25) is 5.78 Å². The molecule has 1 aliphatic heterocycles. The Morgan fingerprint density at radius 3 is 2.57 bits per heavy atom. The third-order valence-corrected chi connectivity index (χ3v) is 3.87. The van der Waals surface area contributed by atoms with E-state index in [1.165, 1.54) is 18.5 Å². The Morgan fingerprint density at radius 2 is 1.91 bits per heavy atom. The van der Waals surface area contributed by atoms with Crippen LogP contribution < -0.4 is 5.56 Å². The monoisotopic (exact) mass is 315 g/mol. The van der Waals surface area contributed by atoms with Crippen molar-refractivity contribution in [1.29, 1.82) is 0 Å². The highest BCUT2D eigenvalue weighted by Crippen LogP contribution is 2.08. The third-order valence-electron chi connectivity index (χ3n) is 3.87. The van der Waals surface area contributed by atoms with Crippen molar-refractivity contribution in [3.05, 3.63) is 58.4 Å². The van der Waals surface area contributed by atoms with Gasteiger partial charge in [0.1, 0.15) is 5.56 Å². The zero-order valence-corrected chi connectivity index (χ0v) is 12.5. The maximum Gasteiger partial charge on any atom is 0.260 e. The fraction of sp³-hybridized carbons (Fsp3) is 0.312. The highest BCUT2D eigenvalue weighted by molar-refractivity contribution is 5.95. The van der Waals surface area contributed by atoms with Gasteiger partial charge in [0.05, 0.1) is 12.8 Å². The van der Waals surface area contributed by atoms with Crippen molar-refractivity contribution in [2.24, 2.45) is 0 Å². The van der Waals surface area contributed by atoms with Gasteiger partial charge < -0.3 is 14.3 Å². The molecule has 23 heavy (non-hydrogen) atoms. The number of carbonyl (C=O) groups excluding carboxylic acids is 2. The van der Waals surface area contributed by atoms with Crippen LogP contribution >= 0.6 is 0 Å². The number of furan rings is 1. The molecule has 120 valence electrons. The fourth-order valence-corrected chi connectivity index (χ4v) is 2.59. The lowest BCUT2D eigenvalue weighted by Gasteiger charge is -2.34. The summed E-state index contributed by atoms with van der Waals surface area (Å²) in [4.78, 5) is 42.1. The second-order valence-corrected chi connectivity index (χ2v) is 5.38. The molecule has 0 aromatic carbocycles. The Hall–Kier alpha value is -2.67. The van der Waals surface area contributed by atoms with E-state index in [4.69, 9.17) is 4.42 Å². The average molecular weight is 315 g/mol. The molecule has 2 aromatic heterocycles. The van der Waals surface area contributed by atoms with Gasteiger partial charge in [-0.1, -0.05) is 0 Å². The lowest BCUT2D eigenvalue weighted by molar-refractivity contribution is 0.0618. The number of pyridine rings is 1. The van der Waals surface area contributed by atoms with E-state index >= 15 is 0 Å². The molecule has 0 atom stereocenters. The van der Waals surface area contributed by atoms with E-state index < -0.39 is 0 Å². The summed E-state index contributed by atoms with van der Waals surface area (Å²) in [6, 6.07) is 6.48. The molecule has 0 radical (unpaired) electrons. The largest absolute Gasteiger partial charge is 0.461 e. The van der Waals surface area contributed by atoms with E-state index in [0.29, 0.717) is 31.9 Å². The first-order chi connectivity index (χ1) is 11.1. The second-order valence-electron chi connectivity index (χ2n) is 5.38. The van der Waals surface area contributed by atoms with Crippen LogP contribution in [0.25, 0.3) is 0 Å². The van der Waals surface area contributed by atoms with Crippen LogP contribution in [0.3, 0.4) is 0 Å². The quantitative estimate of drug-likeness (QED) is 0.835. The molecule has 3 heterocycles. The van der Waals surface area contributed by atoms with Gasteiger partial charge in [0, 0.05) is 32.4 Å². The van der Waals surface area contributed by atoms with Gasteiger partial charge in [-0.25, -0.2) is 0 Å². The highest BCUT2D eigenvalue weighted by Gasteiger charge is 2.25. The van der Waals surface area contributed by atoms with Crippen LogP contribution in [0.15, 0.2) is 45.9 Å². The number of piperazine rings is 1. The van der Waals surface area contributed by atoms with Crippen LogP contribution in [0, 0.1) is 0 Å². The first-order valence-corrected chi connectivity index (χ1v) is 7.41. The van der Waals surface area contributed by atoms with Crippen molar-refractivity contribution in [1.82, 2.24) is 14.8 Å². The number of amides is 1. The summed E-state index contributed by atoms with van der Waals surface area (Å²) in [6.07, 6.45) is 2.97. The Kier molecular flexibility index (Phi) is 4.38. The summed E-state index contributed by atoms with van der Waals surface area (Å²) >= 11 is 0. The topological polar surface area (TPSA) is 86.6 Å². The lowest BCUT2D eigenvalue weighted by Crippen LogP contribution is -2.50. The molecule has 3 rings (SSSR count). The smallest absolute Gasteiger partial charge is 0.260 e. The molecule has 0 bridgehead atoms. The standard InChI is InChI=1S/C16H17N3O4/c20-13(14-4-2-10-23-14)11-18-6-8-19(9-7-18)16(22)12-3-1-5-17-15(12)21/h1-5,10H,6-9,11H2,(H,17,21). The first-order valence-electron chi connectivity index (χ1n) is 7.41. The predicted octanol–water partition coefficient (Wildman–Crippen LogP) is 0.609. The summed E-state index contributed by atoms with van der Waals surface area (Å²) in [5.41, 5.74) is -0.236. The number of nitrogens with one attached hydrogen (secondary N) is 1. The van der Waals surface area contributed by atoms with Gasteiger partial charge >= 0.3 is 0 Å². The number of Topliss-reactive ketones (excluding diaryl/α,β-unsaturated/α-hetero) is 1. The molecule has 1 amide bonds. The molecule has 1 aliphatic rings. The molecule has 7 nitrogen and oxygen atoms in total. The van der Waals surface area contributed by atoms with Crippen molar-refractivity contribution in [2.45, 2.75) is 0 Å². The van der Waals surface area contributed by atoms with Crippen molar-refractivity contribution < 1.29 is 14.0 Å². The molecule has 1 N–H and O–H groups in total. The van der Waals surface area contributed by atoms with E-state index in [2.05, 4.69) is 4.98 Å². The summed E-state index contributed by atoms with van der Waals surface area (Å²) in [5, 5.41) is 0. The first kappa shape index (κ1) is 15.2. The number of aromatic nitrogens is 1. The summed E-state index contributed by atoms with van der Waals surface area (Å²) in [7, 11) is 0. The Bertz CT molecular complexity index is 743. The lowest BCUT2D eigenvalue weighted by atomic mass is 10.2. The molecule has 0 spiro atoms. The van der Waals surface area contributed by atoms with Crippen LogP contribution in [0.1, 0.15) is 20.9 Å². The van der Waals surface area contributed by atoms with Gasteiger partial charge in [0.25, 0.3) is 11.5 Å². The number of hydrogen-bond acceptors (Lipinski definition) is 5. The maximum atomic E-state index is 12.3. The second kappa shape index (κ2) is 6.62. The van der Waals surface area contributed by atoms with Crippen molar-refractivity contribution >= 4 is 11.7 Å². The number of rotatable bonds is 4. The van der Waals surface area contributed by atoms with Crippen LogP contribution in [0.4, 0.5) is 0 Å². The van der Waals surface area contributed by atoms with E-state index in [9.17, 15) is 14.4 Å². The van der Waals surface area contributed by atoms with Crippen LogP contribution in [-0.2, 0) is 0 Å². The minimum absolute atomic E-state index is 0.0747.